The number of thiazole rings is 1. The van der Waals surface area contributed by atoms with Gasteiger partial charge in [0.2, 0.25) is 5.91 Å². The molecule has 3 amide bonds. The van der Waals surface area contributed by atoms with E-state index in [9.17, 15) is 9.59 Å². The zero-order valence-electron chi connectivity index (χ0n) is 18.6. The van der Waals surface area contributed by atoms with Crippen LogP contribution in [0.1, 0.15) is 16.7 Å². The number of carbonyl (C=O) groups is 2. The van der Waals surface area contributed by atoms with E-state index in [1.54, 1.807) is 0 Å². The summed E-state index contributed by atoms with van der Waals surface area (Å²) in [6, 6.07) is 18.9. The van der Waals surface area contributed by atoms with Crippen LogP contribution in [0.5, 0.6) is 0 Å². The first-order valence-corrected chi connectivity index (χ1v) is 12.2. The average molecular weight is 477 g/mol. The Morgan fingerprint density at radius 3 is 2.24 bits per heavy atom. The molecule has 8 heteroatoms. The number of aromatic nitrogens is 1. The summed E-state index contributed by atoms with van der Waals surface area (Å²) in [4.78, 5) is 29.3. The standard InChI is InChI=1S/C25H24N4O2S2/c1-15-5-4-6-18(10-15)27-24(31)28-19-7-8-21-22(13-19)33-25(29-21)32-14-23(30)26-20-11-16(2)9-17(3)12-20/h4-13H,14H2,1-3H3,(H,26,30)(H2,27,28,31). The summed E-state index contributed by atoms with van der Waals surface area (Å²) >= 11 is 2.90. The maximum atomic E-state index is 12.4. The summed E-state index contributed by atoms with van der Waals surface area (Å²) in [6.07, 6.45) is 0. The van der Waals surface area contributed by atoms with E-state index >= 15 is 0 Å². The third-order valence-electron chi connectivity index (χ3n) is 4.73. The lowest BCUT2D eigenvalue weighted by Crippen LogP contribution is -2.19. The quantitative estimate of drug-likeness (QED) is 0.274. The number of amides is 3. The Hall–Kier alpha value is -3.36. The first-order valence-electron chi connectivity index (χ1n) is 10.4. The third kappa shape index (κ3) is 6.34. The van der Waals surface area contributed by atoms with Crippen LogP contribution >= 0.6 is 23.1 Å². The van der Waals surface area contributed by atoms with Crippen LogP contribution in [-0.2, 0) is 4.79 Å². The number of carbonyl (C=O) groups excluding carboxylic acids is 2. The number of rotatable bonds is 6. The van der Waals surface area contributed by atoms with Gasteiger partial charge < -0.3 is 16.0 Å². The predicted octanol–water partition coefficient (Wildman–Crippen LogP) is 6.60. The fourth-order valence-corrected chi connectivity index (χ4v) is 5.34. The molecule has 4 aromatic rings. The van der Waals surface area contributed by atoms with Crippen molar-refractivity contribution in [3.05, 3.63) is 77.4 Å². The summed E-state index contributed by atoms with van der Waals surface area (Å²) in [7, 11) is 0. The van der Waals surface area contributed by atoms with Crippen LogP contribution in [-0.4, -0.2) is 22.7 Å². The average Bonchev–Trinajstić information content (AvgIpc) is 3.13. The zero-order chi connectivity index (χ0) is 23.4. The highest BCUT2D eigenvalue weighted by Crippen LogP contribution is 2.31. The van der Waals surface area contributed by atoms with Gasteiger partial charge in [-0.05, 0) is 79.9 Å². The van der Waals surface area contributed by atoms with Gasteiger partial charge in [-0.15, -0.1) is 11.3 Å². The minimum atomic E-state index is -0.304. The fraction of sp³-hybridized carbons (Fsp3) is 0.160. The molecule has 0 saturated heterocycles. The Kier molecular flexibility index (Phi) is 6.96. The number of anilines is 3. The van der Waals surface area contributed by atoms with E-state index in [1.165, 1.54) is 23.1 Å². The van der Waals surface area contributed by atoms with Crippen LogP contribution < -0.4 is 16.0 Å². The van der Waals surface area contributed by atoms with Crippen molar-refractivity contribution >= 4 is 62.3 Å². The van der Waals surface area contributed by atoms with E-state index in [4.69, 9.17) is 0 Å². The molecule has 33 heavy (non-hydrogen) atoms. The summed E-state index contributed by atoms with van der Waals surface area (Å²) < 4.78 is 1.75. The van der Waals surface area contributed by atoms with Gasteiger partial charge in [0.1, 0.15) is 0 Å². The lowest BCUT2D eigenvalue weighted by atomic mass is 10.1. The van der Waals surface area contributed by atoms with Crippen molar-refractivity contribution in [2.75, 3.05) is 21.7 Å². The van der Waals surface area contributed by atoms with E-state index in [-0.39, 0.29) is 17.7 Å². The Morgan fingerprint density at radius 2 is 1.52 bits per heavy atom. The second-order valence-corrected chi connectivity index (χ2v) is 10.1. The van der Waals surface area contributed by atoms with Gasteiger partial charge >= 0.3 is 6.03 Å². The molecule has 0 unspecified atom stereocenters. The van der Waals surface area contributed by atoms with Crippen molar-refractivity contribution in [2.45, 2.75) is 25.1 Å². The van der Waals surface area contributed by atoms with Gasteiger partial charge in [-0.3, -0.25) is 4.79 Å². The number of hydrogen-bond acceptors (Lipinski definition) is 5. The highest BCUT2D eigenvalue weighted by Gasteiger charge is 2.10. The molecule has 0 aliphatic rings. The highest BCUT2D eigenvalue weighted by molar-refractivity contribution is 8.01. The van der Waals surface area contributed by atoms with Crippen LogP contribution in [0, 0.1) is 20.8 Å². The van der Waals surface area contributed by atoms with Crippen molar-refractivity contribution in [1.82, 2.24) is 4.98 Å². The topological polar surface area (TPSA) is 83.1 Å². The number of hydrogen-bond donors (Lipinski definition) is 3. The monoisotopic (exact) mass is 476 g/mol. The molecule has 0 aliphatic carbocycles. The first-order chi connectivity index (χ1) is 15.8. The number of urea groups is 1. The van der Waals surface area contributed by atoms with E-state index in [0.717, 1.165) is 42.6 Å². The molecule has 3 N–H and O–H groups in total. The molecule has 168 valence electrons. The summed E-state index contributed by atoms with van der Waals surface area (Å²) in [5.41, 5.74) is 6.36. The molecule has 0 radical (unpaired) electrons. The first kappa shape index (κ1) is 22.8. The molecule has 1 aromatic heterocycles. The van der Waals surface area contributed by atoms with Crippen LogP contribution in [0.3, 0.4) is 0 Å². The molecular formula is C25H24N4O2S2. The molecule has 0 fully saturated rings. The second kappa shape index (κ2) is 10.1. The van der Waals surface area contributed by atoms with Crippen molar-refractivity contribution in [3.63, 3.8) is 0 Å². The number of benzene rings is 3. The van der Waals surface area contributed by atoms with Crippen molar-refractivity contribution in [2.24, 2.45) is 0 Å². The maximum absolute atomic E-state index is 12.4. The molecule has 3 aromatic carbocycles. The smallest absolute Gasteiger partial charge is 0.323 e. The predicted molar refractivity (Wildman–Crippen MR) is 139 cm³/mol. The molecule has 0 aliphatic heterocycles. The summed E-state index contributed by atoms with van der Waals surface area (Å²) in [6.45, 7) is 5.99. The summed E-state index contributed by atoms with van der Waals surface area (Å²) in [5, 5.41) is 8.63. The molecule has 0 saturated carbocycles. The number of fused-ring (bicyclic) bond motifs is 1. The van der Waals surface area contributed by atoms with Gasteiger partial charge in [0, 0.05) is 17.1 Å². The fourth-order valence-electron chi connectivity index (χ4n) is 3.43. The largest absolute Gasteiger partial charge is 0.325 e. The van der Waals surface area contributed by atoms with Crippen LogP contribution in [0.4, 0.5) is 21.9 Å². The van der Waals surface area contributed by atoms with Gasteiger partial charge in [0.05, 0.1) is 16.0 Å². The molecule has 4 rings (SSSR count). The molecule has 0 atom stereocenters. The SMILES string of the molecule is Cc1cc(C)cc(NC(=O)CSc2nc3ccc(NC(=O)Nc4cccc(C)c4)cc3s2)c1. The zero-order valence-corrected chi connectivity index (χ0v) is 20.2. The Labute approximate surface area is 200 Å². The summed E-state index contributed by atoms with van der Waals surface area (Å²) in [5.74, 6) is 0.205. The normalized spacial score (nSPS) is 10.8. The molecular weight excluding hydrogens is 452 g/mol. The van der Waals surface area contributed by atoms with E-state index < -0.39 is 0 Å². The van der Waals surface area contributed by atoms with Crippen molar-refractivity contribution in [1.29, 1.82) is 0 Å². The number of nitrogens with zero attached hydrogens (tertiary/aromatic N) is 1. The van der Waals surface area contributed by atoms with E-state index in [2.05, 4.69) is 27.0 Å². The lowest BCUT2D eigenvalue weighted by Gasteiger charge is -2.08. The third-order valence-corrected chi connectivity index (χ3v) is 6.90. The van der Waals surface area contributed by atoms with E-state index in [0.29, 0.717) is 5.69 Å². The maximum Gasteiger partial charge on any atom is 0.323 e. The Bertz CT molecular complexity index is 1310. The van der Waals surface area contributed by atoms with Gasteiger partial charge in [-0.25, -0.2) is 9.78 Å². The van der Waals surface area contributed by atoms with Gasteiger partial charge in [-0.1, -0.05) is 30.0 Å². The van der Waals surface area contributed by atoms with Crippen LogP contribution in [0.2, 0.25) is 0 Å². The Balaban J connectivity index is 1.35. The second-order valence-electron chi connectivity index (χ2n) is 7.82. The van der Waals surface area contributed by atoms with E-state index in [1.807, 2.05) is 75.4 Å². The van der Waals surface area contributed by atoms with Crippen LogP contribution in [0.25, 0.3) is 10.2 Å². The van der Waals surface area contributed by atoms with Crippen molar-refractivity contribution in [3.8, 4) is 0 Å². The minimum Gasteiger partial charge on any atom is -0.325 e. The van der Waals surface area contributed by atoms with Crippen molar-refractivity contribution < 1.29 is 9.59 Å². The van der Waals surface area contributed by atoms with Gasteiger partial charge in [-0.2, -0.15) is 0 Å². The number of thioether (sulfide) groups is 1. The van der Waals surface area contributed by atoms with Gasteiger partial charge in [0.15, 0.2) is 4.34 Å². The minimum absolute atomic E-state index is 0.0700. The highest BCUT2D eigenvalue weighted by atomic mass is 32.2. The molecule has 6 nitrogen and oxygen atoms in total. The number of aryl methyl sites for hydroxylation is 3. The number of nitrogens with one attached hydrogen (secondary N) is 3. The molecule has 1 heterocycles. The molecule has 0 bridgehead atoms. The molecule has 0 spiro atoms. The van der Waals surface area contributed by atoms with Crippen LogP contribution in [0.15, 0.2) is 65.0 Å². The Morgan fingerprint density at radius 1 is 0.818 bits per heavy atom. The lowest BCUT2D eigenvalue weighted by molar-refractivity contribution is -0.113. The van der Waals surface area contributed by atoms with Gasteiger partial charge in [0.25, 0.3) is 0 Å².